The number of thiophene rings is 1. The molecule has 0 aromatic carbocycles. The maximum Gasteiger partial charge on any atom is 0.241 e. The summed E-state index contributed by atoms with van der Waals surface area (Å²) in [5, 5.41) is 5.07. The third-order valence-corrected chi connectivity index (χ3v) is 6.23. The van der Waals surface area contributed by atoms with Crippen LogP contribution in [-0.4, -0.2) is 24.2 Å². The number of amides is 1. The Labute approximate surface area is 123 Å². The van der Waals surface area contributed by atoms with Crippen molar-refractivity contribution in [1.82, 2.24) is 5.32 Å². The molecule has 3 N–H and O–H groups in total. The number of nitrogens with two attached hydrogens (primary N) is 1. The van der Waals surface area contributed by atoms with Crippen LogP contribution in [0.5, 0.6) is 0 Å². The second kappa shape index (κ2) is 4.55. The number of aryl methyl sites for hydroxylation is 1. The van der Waals surface area contributed by atoms with E-state index in [9.17, 15) is 4.79 Å². The second-order valence-electron chi connectivity index (χ2n) is 6.49. The summed E-state index contributed by atoms with van der Waals surface area (Å²) in [6.07, 6.45) is 1.01. The number of rotatable bonds is 3. The lowest BCUT2D eigenvalue weighted by Gasteiger charge is -2.60. The predicted molar refractivity (Wildman–Crippen MR) is 79.4 cm³/mol. The number of ether oxygens (including phenoxy) is 1. The van der Waals surface area contributed by atoms with E-state index >= 15 is 0 Å². The highest BCUT2D eigenvalue weighted by Gasteiger charge is 2.71. The van der Waals surface area contributed by atoms with Crippen LogP contribution in [0.1, 0.15) is 30.7 Å². The zero-order valence-electron chi connectivity index (χ0n) is 12.2. The summed E-state index contributed by atoms with van der Waals surface area (Å²) >= 11 is 1.67. The zero-order chi connectivity index (χ0) is 14.5. The third-order valence-electron chi connectivity index (χ3n) is 5.21. The van der Waals surface area contributed by atoms with Gasteiger partial charge in [-0.05, 0) is 30.4 Å². The average Bonchev–Trinajstić information content (AvgIpc) is 3.03. The summed E-state index contributed by atoms with van der Waals surface area (Å²) in [5.41, 5.74) is 6.61. The first kappa shape index (κ1) is 14.0. The summed E-state index contributed by atoms with van der Waals surface area (Å²) in [7, 11) is 0. The Hall–Kier alpha value is -0.910. The van der Waals surface area contributed by atoms with E-state index in [1.165, 1.54) is 10.4 Å². The number of fused-ring (bicyclic) bond motifs is 1. The van der Waals surface area contributed by atoms with E-state index < -0.39 is 5.54 Å². The van der Waals surface area contributed by atoms with Crippen molar-refractivity contribution in [2.24, 2.45) is 17.1 Å². The van der Waals surface area contributed by atoms with Crippen molar-refractivity contribution in [2.75, 3.05) is 6.61 Å². The van der Waals surface area contributed by atoms with Crippen LogP contribution in [0.25, 0.3) is 0 Å². The molecule has 0 spiro atoms. The van der Waals surface area contributed by atoms with Crippen LogP contribution in [0.4, 0.5) is 0 Å². The Morgan fingerprint density at radius 3 is 3.00 bits per heavy atom. The molecule has 3 rings (SSSR count). The summed E-state index contributed by atoms with van der Waals surface area (Å²) in [5.74, 6) is 0.115. The number of carbonyl (C=O) groups is 1. The fourth-order valence-electron chi connectivity index (χ4n) is 3.74. The molecule has 0 radical (unpaired) electrons. The van der Waals surface area contributed by atoms with Gasteiger partial charge in [-0.3, -0.25) is 4.79 Å². The van der Waals surface area contributed by atoms with E-state index in [1.807, 2.05) is 19.2 Å². The molecule has 3 unspecified atom stereocenters. The fraction of sp³-hybridized carbons (Fsp3) is 0.667. The SMILES string of the molecule is Cc1ccsc1CNC(=O)C1(N)C2CCOC2C1(C)C. The molecule has 2 fully saturated rings. The van der Waals surface area contributed by atoms with Crippen LogP contribution in [0, 0.1) is 18.3 Å². The van der Waals surface area contributed by atoms with E-state index in [-0.39, 0.29) is 23.3 Å². The number of hydrogen-bond donors (Lipinski definition) is 2. The Balaban J connectivity index is 1.72. The molecule has 1 aromatic rings. The number of hydrogen-bond acceptors (Lipinski definition) is 4. The second-order valence-corrected chi connectivity index (χ2v) is 7.49. The quantitative estimate of drug-likeness (QED) is 0.893. The molecule has 1 aromatic heterocycles. The fourth-order valence-corrected chi connectivity index (χ4v) is 4.58. The van der Waals surface area contributed by atoms with E-state index in [2.05, 4.69) is 18.3 Å². The van der Waals surface area contributed by atoms with Gasteiger partial charge in [0.1, 0.15) is 5.54 Å². The first-order chi connectivity index (χ1) is 9.39. The van der Waals surface area contributed by atoms with Gasteiger partial charge in [0, 0.05) is 22.8 Å². The van der Waals surface area contributed by atoms with Crippen molar-refractivity contribution in [3.8, 4) is 0 Å². The van der Waals surface area contributed by atoms with Gasteiger partial charge in [-0.15, -0.1) is 11.3 Å². The Morgan fingerprint density at radius 2 is 2.35 bits per heavy atom. The molecule has 1 aliphatic carbocycles. The first-order valence-corrected chi connectivity index (χ1v) is 7.98. The van der Waals surface area contributed by atoms with Crippen LogP contribution in [0.3, 0.4) is 0 Å². The molecule has 2 heterocycles. The predicted octanol–water partition coefficient (Wildman–Crippen LogP) is 1.82. The van der Waals surface area contributed by atoms with E-state index in [0.717, 1.165) is 13.0 Å². The van der Waals surface area contributed by atoms with Crippen molar-refractivity contribution >= 4 is 17.2 Å². The minimum Gasteiger partial charge on any atom is -0.377 e. The summed E-state index contributed by atoms with van der Waals surface area (Å²) in [4.78, 5) is 13.8. The van der Waals surface area contributed by atoms with Crippen molar-refractivity contribution in [2.45, 2.75) is 45.4 Å². The topological polar surface area (TPSA) is 64.4 Å². The van der Waals surface area contributed by atoms with Crippen molar-refractivity contribution in [3.05, 3.63) is 21.9 Å². The maximum absolute atomic E-state index is 12.6. The molecule has 3 atom stereocenters. The highest BCUT2D eigenvalue weighted by Crippen LogP contribution is 2.58. The average molecular weight is 294 g/mol. The van der Waals surface area contributed by atoms with Crippen LogP contribution in [0.2, 0.25) is 0 Å². The van der Waals surface area contributed by atoms with Crippen molar-refractivity contribution in [3.63, 3.8) is 0 Å². The van der Waals surface area contributed by atoms with Crippen LogP contribution >= 0.6 is 11.3 Å². The summed E-state index contributed by atoms with van der Waals surface area (Å²) in [6, 6.07) is 2.07. The standard InChI is InChI=1S/C15H22N2O2S/c1-9-5-7-20-11(9)8-17-13(18)15(16)10-4-6-19-12(10)14(15,2)3/h5,7,10,12H,4,6,8,16H2,1-3H3,(H,17,18). The molecule has 1 aliphatic heterocycles. The van der Waals surface area contributed by atoms with E-state index in [0.29, 0.717) is 6.54 Å². The molecule has 20 heavy (non-hydrogen) atoms. The van der Waals surface area contributed by atoms with Gasteiger partial charge >= 0.3 is 0 Å². The van der Waals surface area contributed by atoms with Crippen molar-refractivity contribution in [1.29, 1.82) is 0 Å². The molecule has 0 bridgehead atoms. The van der Waals surface area contributed by atoms with Gasteiger partial charge in [-0.2, -0.15) is 0 Å². The smallest absolute Gasteiger partial charge is 0.241 e. The van der Waals surface area contributed by atoms with Gasteiger partial charge < -0.3 is 15.8 Å². The lowest BCUT2D eigenvalue weighted by Crippen LogP contribution is -2.80. The van der Waals surface area contributed by atoms with Gasteiger partial charge in [0.05, 0.1) is 12.6 Å². The molecule has 2 aliphatic rings. The van der Waals surface area contributed by atoms with Crippen LogP contribution in [0.15, 0.2) is 11.4 Å². The molecular formula is C15H22N2O2S. The lowest BCUT2D eigenvalue weighted by atomic mass is 9.48. The van der Waals surface area contributed by atoms with Gasteiger partial charge in [0.2, 0.25) is 5.91 Å². The van der Waals surface area contributed by atoms with E-state index in [1.54, 1.807) is 11.3 Å². The van der Waals surface area contributed by atoms with Gasteiger partial charge in [-0.25, -0.2) is 0 Å². The molecule has 1 saturated heterocycles. The minimum absolute atomic E-state index is 0.0398. The lowest BCUT2D eigenvalue weighted by molar-refractivity contribution is -0.175. The maximum atomic E-state index is 12.6. The molecule has 1 saturated carbocycles. The normalized spacial score (nSPS) is 34.4. The highest BCUT2D eigenvalue weighted by molar-refractivity contribution is 7.10. The largest absolute Gasteiger partial charge is 0.377 e. The minimum atomic E-state index is -0.806. The zero-order valence-corrected chi connectivity index (χ0v) is 13.0. The van der Waals surface area contributed by atoms with Gasteiger partial charge in [0.15, 0.2) is 0 Å². The van der Waals surface area contributed by atoms with Crippen LogP contribution < -0.4 is 11.1 Å². The Bertz CT molecular complexity index is 540. The Morgan fingerprint density at radius 1 is 1.60 bits per heavy atom. The molecule has 1 amide bonds. The Kier molecular flexibility index (Phi) is 3.19. The van der Waals surface area contributed by atoms with Gasteiger partial charge in [-0.1, -0.05) is 13.8 Å². The highest BCUT2D eigenvalue weighted by atomic mass is 32.1. The van der Waals surface area contributed by atoms with Gasteiger partial charge in [0.25, 0.3) is 0 Å². The number of nitrogens with one attached hydrogen (secondary N) is 1. The molecule has 5 heteroatoms. The molecule has 110 valence electrons. The summed E-state index contributed by atoms with van der Waals surface area (Å²) in [6.45, 7) is 7.42. The molecular weight excluding hydrogens is 272 g/mol. The van der Waals surface area contributed by atoms with E-state index in [4.69, 9.17) is 10.5 Å². The third kappa shape index (κ3) is 1.70. The monoisotopic (exact) mass is 294 g/mol. The number of carbonyl (C=O) groups excluding carboxylic acids is 1. The van der Waals surface area contributed by atoms with Crippen molar-refractivity contribution < 1.29 is 9.53 Å². The summed E-state index contributed by atoms with van der Waals surface area (Å²) < 4.78 is 5.72. The first-order valence-electron chi connectivity index (χ1n) is 7.11. The van der Waals surface area contributed by atoms with Crippen LogP contribution in [-0.2, 0) is 16.1 Å². The molecule has 4 nitrogen and oxygen atoms in total.